The van der Waals surface area contributed by atoms with E-state index in [1.807, 2.05) is 19.1 Å². The van der Waals surface area contributed by atoms with Crippen molar-refractivity contribution in [1.82, 2.24) is 25.0 Å². The Bertz CT molecular complexity index is 686. The molecule has 18 heavy (non-hydrogen) atoms. The summed E-state index contributed by atoms with van der Waals surface area (Å²) in [6.45, 7) is 3.03. The zero-order chi connectivity index (χ0) is 12.5. The van der Waals surface area contributed by atoms with E-state index in [4.69, 9.17) is 10.2 Å². The van der Waals surface area contributed by atoms with Crippen molar-refractivity contribution in [2.75, 3.05) is 6.54 Å². The van der Waals surface area contributed by atoms with Gasteiger partial charge >= 0.3 is 0 Å². The number of aromatic nitrogens is 5. The van der Waals surface area contributed by atoms with Crippen LogP contribution in [0.25, 0.3) is 22.8 Å². The van der Waals surface area contributed by atoms with E-state index in [1.165, 1.54) is 0 Å². The normalized spacial score (nSPS) is 11.2. The lowest BCUT2D eigenvalue weighted by Gasteiger charge is -1.91. The van der Waals surface area contributed by atoms with Crippen LogP contribution in [-0.2, 0) is 6.54 Å². The second kappa shape index (κ2) is 4.19. The molecule has 3 aromatic rings. The molecule has 0 saturated carbocycles. The molecule has 0 aliphatic rings. The molecular formula is C11H12N6O. The molecule has 0 atom stereocenters. The summed E-state index contributed by atoms with van der Waals surface area (Å²) in [5.41, 5.74) is 8.15. The van der Waals surface area contributed by atoms with Crippen molar-refractivity contribution >= 4 is 11.2 Å². The lowest BCUT2D eigenvalue weighted by molar-refractivity contribution is 0.598. The van der Waals surface area contributed by atoms with Gasteiger partial charge in [-0.1, -0.05) is 5.21 Å². The van der Waals surface area contributed by atoms with Crippen molar-refractivity contribution in [3.63, 3.8) is 0 Å². The maximum Gasteiger partial charge on any atom is 0.251 e. The highest BCUT2D eigenvalue weighted by atomic mass is 16.3. The second-order valence-corrected chi connectivity index (χ2v) is 3.95. The highest BCUT2D eigenvalue weighted by Crippen LogP contribution is 2.21. The number of pyridine rings is 1. The number of nitrogens with zero attached hydrogens (tertiary/aromatic N) is 5. The highest BCUT2D eigenvalue weighted by molar-refractivity contribution is 5.71. The summed E-state index contributed by atoms with van der Waals surface area (Å²) < 4.78 is 7.24. The predicted octanol–water partition coefficient (Wildman–Crippen LogP) is 0.748. The Kier molecular flexibility index (Phi) is 2.52. The van der Waals surface area contributed by atoms with Gasteiger partial charge in [0, 0.05) is 12.2 Å². The number of oxazole rings is 1. The first-order valence-electron chi connectivity index (χ1n) is 5.61. The Morgan fingerprint density at radius 2 is 2.22 bits per heavy atom. The van der Waals surface area contributed by atoms with E-state index in [2.05, 4.69) is 20.3 Å². The number of hydrogen-bond acceptors (Lipinski definition) is 6. The molecule has 0 unspecified atom stereocenters. The first kappa shape index (κ1) is 10.8. The van der Waals surface area contributed by atoms with Gasteiger partial charge in [-0.2, -0.15) is 4.98 Å². The third-order valence-corrected chi connectivity index (χ3v) is 2.51. The van der Waals surface area contributed by atoms with Gasteiger partial charge < -0.3 is 10.2 Å². The molecule has 2 N–H and O–H groups in total. The summed E-state index contributed by atoms with van der Waals surface area (Å²) >= 11 is 0. The molecule has 0 spiro atoms. The molecule has 92 valence electrons. The minimum absolute atomic E-state index is 0.423. The second-order valence-electron chi connectivity index (χ2n) is 3.95. The van der Waals surface area contributed by atoms with Crippen LogP contribution in [0.4, 0.5) is 0 Å². The van der Waals surface area contributed by atoms with Crippen LogP contribution in [-0.4, -0.2) is 31.5 Å². The summed E-state index contributed by atoms with van der Waals surface area (Å²) in [5.74, 6) is 0.423. The van der Waals surface area contributed by atoms with Crippen LogP contribution in [0.3, 0.4) is 0 Å². The Morgan fingerprint density at radius 3 is 3.06 bits per heavy atom. The van der Waals surface area contributed by atoms with Crippen molar-refractivity contribution in [1.29, 1.82) is 0 Å². The molecule has 0 aromatic carbocycles. The number of fused-ring (bicyclic) bond motifs is 1. The van der Waals surface area contributed by atoms with Crippen LogP contribution in [0.1, 0.15) is 5.69 Å². The van der Waals surface area contributed by atoms with Crippen molar-refractivity contribution < 1.29 is 4.42 Å². The molecule has 0 aliphatic heterocycles. The minimum atomic E-state index is 0.423. The molecule has 3 heterocycles. The van der Waals surface area contributed by atoms with Gasteiger partial charge in [0.2, 0.25) is 0 Å². The summed E-state index contributed by atoms with van der Waals surface area (Å²) in [7, 11) is 0. The molecule has 7 heteroatoms. The third-order valence-electron chi connectivity index (χ3n) is 2.51. The fraction of sp³-hybridized carbons (Fsp3) is 0.273. The van der Waals surface area contributed by atoms with E-state index in [1.54, 1.807) is 10.9 Å². The molecule has 3 aromatic heterocycles. The highest BCUT2D eigenvalue weighted by Gasteiger charge is 2.12. The molecule has 0 bridgehead atoms. The minimum Gasteiger partial charge on any atom is -0.433 e. The van der Waals surface area contributed by atoms with Crippen molar-refractivity contribution in [3.8, 4) is 11.6 Å². The van der Waals surface area contributed by atoms with E-state index in [9.17, 15) is 0 Å². The standard InChI is InChI=1S/C11H12N6O/c1-7-2-3-9-10(13-7)14-11(18-9)8-6-17(5-4-12)16-15-8/h2-3,6H,4-5,12H2,1H3. The van der Waals surface area contributed by atoms with Gasteiger partial charge in [0.1, 0.15) is 0 Å². The Balaban J connectivity index is 2.02. The summed E-state index contributed by atoms with van der Waals surface area (Å²) in [5, 5.41) is 7.93. The van der Waals surface area contributed by atoms with Gasteiger partial charge in [-0.05, 0) is 19.1 Å². The Morgan fingerprint density at radius 1 is 1.33 bits per heavy atom. The summed E-state index contributed by atoms with van der Waals surface area (Å²) in [6, 6.07) is 3.72. The van der Waals surface area contributed by atoms with Crippen LogP contribution in [0, 0.1) is 6.92 Å². The first-order valence-corrected chi connectivity index (χ1v) is 5.61. The Labute approximate surface area is 103 Å². The van der Waals surface area contributed by atoms with Crippen LogP contribution < -0.4 is 5.73 Å². The molecule has 3 rings (SSSR count). The van der Waals surface area contributed by atoms with E-state index in [0.717, 1.165) is 5.69 Å². The lowest BCUT2D eigenvalue weighted by Crippen LogP contribution is -2.10. The molecular weight excluding hydrogens is 232 g/mol. The van der Waals surface area contributed by atoms with E-state index >= 15 is 0 Å². The summed E-state index contributed by atoms with van der Waals surface area (Å²) in [6.07, 6.45) is 1.75. The quantitative estimate of drug-likeness (QED) is 0.730. The molecule has 0 radical (unpaired) electrons. The van der Waals surface area contributed by atoms with Crippen LogP contribution in [0.2, 0.25) is 0 Å². The monoisotopic (exact) mass is 244 g/mol. The van der Waals surface area contributed by atoms with Crippen LogP contribution in [0.15, 0.2) is 22.7 Å². The number of nitrogens with two attached hydrogens (primary N) is 1. The van der Waals surface area contributed by atoms with Crippen molar-refractivity contribution in [2.45, 2.75) is 13.5 Å². The average Bonchev–Trinajstić information content (AvgIpc) is 2.94. The maximum absolute atomic E-state index is 5.58. The SMILES string of the molecule is Cc1ccc2oc(-c3cn(CCN)nn3)nc2n1. The fourth-order valence-electron chi connectivity index (χ4n) is 1.66. The van der Waals surface area contributed by atoms with E-state index in [0.29, 0.717) is 35.9 Å². The molecule has 7 nitrogen and oxygen atoms in total. The molecule has 0 aliphatic carbocycles. The van der Waals surface area contributed by atoms with Gasteiger partial charge in [-0.3, -0.25) is 4.68 Å². The van der Waals surface area contributed by atoms with Gasteiger partial charge in [0.15, 0.2) is 16.9 Å². The van der Waals surface area contributed by atoms with Crippen molar-refractivity contribution in [3.05, 3.63) is 24.0 Å². The number of aryl methyl sites for hydroxylation is 1. The van der Waals surface area contributed by atoms with Gasteiger partial charge in [0.25, 0.3) is 5.89 Å². The van der Waals surface area contributed by atoms with E-state index in [-0.39, 0.29) is 0 Å². The van der Waals surface area contributed by atoms with Crippen LogP contribution >= 0.6 is 0 Å². The van der Waals surface area contributed by atoms with Gasteiger partial charge in [-0.15, -0.1) is 5.10 Å². The largest absolute Gasteiger partial charge is 0.433 e. The maximum atomic E-state index is 5.58. The molecule has 0 amide bonds. The number of hydrogen-bond donors (Lipinski definition) is 1. The van der Waals surface area contributed by atoms with Gasteiger partial charge in [-0.25, -0.2) is 4.98 Å². The smallest absolute Gasteiger partial charge is 0.251 e. The molecule has 0 fully saturated rings. The van der Waals surface area contributed by atoms with Crippen molar-refractivity contribution in [2.24, 2.45) is 5.73 Å². The topological polar surface area (TPSA) is 95.7 Å². The summed E-state index contributed by atoms with van der Waals surface area (Å²) in [4.78, 5) is 8.58. The zero-order valence-corrected chi connectivity index (χ0v) is 9.87. The predicted molar refractivity (Wildman–Crippen MR) is 64.6 cm³/mol. The van der Waals surface area contributed by atoms with Gasteiger partial charge in [0.05, 0.1) is 12.7 Å². The number of rotatable bonds is 3. The zero-order valence-electron chi connectivity index (χ0n) is 9.87. The Hall–Kier alpha value is -2.28. The van der Waals surface area contributed by atoms with Crippen LogP contribution in [0.5, 0.6) is 0 Å². The fourth-order valence-corrected chi connectivity index (χ4v) is 1.66. The lowest BCUT2D eigenvalue weighted by atomic mass is 10.4. The average molecular weight is 244 g/mol. The van der Waals surface area contributed by atoms with E-state index < -0.39 is 0 Å². The molecule has 0 saturated heterocycles. The first-order chi connectivity index (χ1) is 8.76. The third kappa shape index (κ3) is 1.84.